The van der Waals surface area contributed by atoms with Crippen molar-refractivity contribution in [2.75, 3.05) is 60.3 Å². The molecule has 1 aliphatic heterocycles. The smallest absolute Gasteiger partial charge is 0.229 e. The molecule has 0 bridgehead atoms. The molecule has 0 atom stereocenters. The van der Waals surface area contributed by atoms with Crippen molar-refractivity contribution in [2.45, 2.75) is 19.8 Å². The number of nitrogens with one attached hydrogen (secondary N) is 1. The summed E-state index contributed by atoms with van der Waals surface area (Å²) in [5, 5.41) is 3.50. The number of allylic oxidation sites excluding steroid dienone is 2. The summed E-state index contributed by atoms with van der Waals surface area (Å²) in [5.74, 6) is 3.48. The summed E-state index contributed by atoms with van der Waals surface area (Å²) in [4.78, 5) is 20.8. The van der Waals surface area contributed by atoms with Gasteiger partial charge in [0.25, 0.3) is 0 Å². The molecule has 1 aromatic carbocycles. The molecule has 1 saturated heterocycles. The summed E-state index contributed by atoms with van der Waals surface area (Å²) in [6.07, 6.45) is 8.22. The van der Waals surface area contributed by atoms with Gasteiger partial charge in [-0.15, -0.1) is 0 Å². The summed E-state index contributed by atoms with van der Waals surface area (Å²) < 4.78 is 0. The van der Waals surface area contributed by atoms with Crippen LogP contribution >= 0.6 is 0 Å². The molecule has 0 aliphatic carbocycles. The molecule has 4 rings (SSSR count). The highest BCUT2D eigenvalue weighted by molar-refractivity contribution is 5.62. The van der Waals surface area contributed by atoms with Gasteiger partial charge in [-0.1, -0.05) is 30.4 Å². The number of rotatable bonds is 8. The van der Waals surface area contributed by atoms with Gasteiger partial charge in [-0.2, -0.15) is 9.97 Å². The zero-order valence-electron chi connectivity index (χ0n) is 19.8. The van der Waals surface area contributed by atoms with E-state index < -0.39 is 0 Å². The minimum Gasteiger partial charge on any atom is -0.363 e. The fourth-order valence-corrected chi connectivity index (χ4v) is 3.90. The lowest BCUT2D eigenvalue weighted by molar-refractivity contribution is 0.635. The van der Waals surface area contributed by atoms with Crippen LogP contribution in [0, 0.1) is 0 Å². The predicted octanol–water partition coefficient (Wildman–Crippen LogP) is 4.52. The number of nitrogens with zero attached hydrogens (tertiary/aromatic N) is 6. The first-order valence-corrected chi connectivity index (χ1v) is 11.6. The van der Waals surface area contributed by atoms with Crippen molar-refractivity contribution in [3.05, 3.63) is 72.4 Å². The van der Waals surface area contributed by atoms with Crippen molar-refractivity contribution in [3.63, 3.8) is 0 Å². The highest BCUT2D eigenvalue weighted by atomic mass is 15.3. The maximum Gasteiger partial charge on any atom is 0.229 e. The Balaban J connectivity index is 1.49. The minimum absolute atomic E-state index is 0.758. The standard InChI is InChI=1S/C26H33N7/c1-4-5-6-10-21-11-9-12-22(19-21)28-23-20-25(31(2)3)30-26(29-23)33-17-15-32(16-18-33)24-13-7-8-14-27-24/h4-5,7-9,11-14,19-20H,6,10,15-18H2,1-3H3,(H,28,29,30)/b5-4-. The first kappa shape index (κ1) is 22.6. The van der Waals surface area contributed by atoms with E-state index in [0.717, 1.165) is 68.1 Å². The molecule has 0 amide bonds. The van der Waals surface area contributed by atoms with Crippen LogP contribution in [0.3, 0.4) is 0 Å². The van der Waals surface area contributed by atoms with E-state index in [4.69, 9.17) is 9.97 Å². The maximum atomic E-state index is 4.87. The van der Waals surface area contributed by atoms with Gasteiger partial charge in [0.05, 0.1) is 0 Å². The molecular weight excluding hydrogens is 410 g/mol. The molecule has 0 unspecified atom stereocenters. The van der Waals surface area contributed by atoms with E-state index in [-0.39, 0.29) is 0 Å². The third-order valence-corrected chi connectivity index (χ3v) is 5.73. The van der Waals surface area contributed by atoms with Crippen LogP contribution in [0.15, 0.2) is 66.9 Å². The van der Waals surface area contributed by atoms with E-state index in [1.807, 2.05) is 43.4 Å². The van der Waals surface area contributed by atoms with Crippen molar-refractivity contribution in [1.29, 1.82) is 0 Å². The summed E-state index contributed by atoms with van der Waals surface area (Å²) in [6.45, 7) is 5.55. The first-order valence-electron chi connectivity index (χ1n) is 11.6. The van der Waals surface area contributed by atoms with E-state index in [1.165, 1.54) is 5.56 Å². The highest BCUT2D eigenvalue weighted by Crippen LogP contribution is 2.24. The number of anilines is 5. The van der Waals surface area contributed by atoms with Gasteiger partial charge < -0.3 is 20.0 Å². The Bertz CT molecular complexity index is 1060. The molecule has 1 aliphatic rings. The molecule has 3 heterocycles. The molecule has 33 heavy (non-hydrogen) atoms. The van der Waals surface area contributed by atoms with E-state index in [2.05, 4.69) is 69.5 Å². The summed E-state index contributed by atoms with van der Waals surface area (Å²) in [6, 6.07) is 16.6. The maximum absolute atomic E-state index is 4.87. The summed E-state index contributed by atoms with van der Waals surface area (Å²) in [7, 11) is 4.02. The van der Waals surface area contributed by atoms with Gasteiger partial charge in [0.2, 0.25) is 5.95 Å². The molecule has 1 N–H and O–H groups in total. The zero-order valence-corrected chi connectivity index (χ0v) is 19.8. The molecule has 0 saturated carbocycles. The zero-order chi connectivity index (χ0) is 23.0. The van der Waals surface area contributed by atoms with Crippen molar-refractivity contribution >= 4 is 29.1 Å². The topological polar surface area (TPSA) is 60.4 Å². The lowest BCUT2D eigenvalue weighted by atomic mass is 10.1. The first-order chi connectivity index (χ1) is 16.1. The molecule has 7 nitrogen and oxygen atoms in total. The Hall–Kier alpha value is -3.61. The fourth-order valence-electron chi connectivity index (χ4n) is 3.90. The highest BCUT2D eigenvalue weighted by Gasteiger charge is 2.21. The third kappa shape index (κ3) is 6.00. The molecule has 0 radical (unpaired) electrons. The van der Waals surface area contributed by atoms with E-state index >= 15 is 0 Å². The number of hydrogen-bond donors (Lipinski definition) is 1. The average Bonchev–Trinajstić information content (AvgIpc) is 2.85. The molecule has 1 fully saturated rings. The van der Waals surface area contributed by atoms with Crippen molar-refractivity contribution in [1.82, 2.24) is 15.0 Å². The molecule has 172 valence electrons. The van der Waals surface area contributed by atoms with Crippen molar-refractivity contribution in [2.24, 2.45) is 0 Å². The Morgan fingerprint density at radius 3 is 2.52 bits per heavy atom. The number of hydrogen-bond acceptors (Lipinski definition) is 7. The second-order valence-corrected chi connectivity index (χ2v) is 8.40. The second kappa shape index (κ2) is 10.8. The van der Waals surface area contributed by atoms with Crippen molar-refractivity contribution in [3.8, 4) is 0 Å². The lowest BCUT2D eigenvalue weighted by Crippen LogP contribution is -2.47. The van der Waals surface area contributed by atoms with Gasteiger partial charge in [0.1, 0.15) is 17.5 Å². The lowest BCUT2D eigenvalue weighted by Gasteiger charge is -2.35. The van der Waals surface area contributed by atoms with Crippen molar-refractivity contribution < 1.29 is 0 Å². The minimum atomic E-state index is 0.758. The number of aryl methyl sites for hydroxylation is 1. The largest absolute Gasteiger partial charge is 0.363 e. The van der Waals surface area contributed by atoms with Gasteiger partial charge in [0.15, 0.2) is 0 Å². The number of aromatic nitrogens is 3. The Kier molecular flexibility index (Phi) is 7.40. The Labute approximate surface area is 196 Å². The quantitative estimate of drug-likeness (QED) is 0.514. The molecule has 3 aromatic rings. The summed E-state index contributed by atoms with van der Waals surface area (Å²) >= 11 is 0. The van der Waals surface area contributed by atoms with Crippen LogP contribution in [0.1, 0.15) is 18.9 Å². The van der Waals surface area contributed by atoms with Crippen LogP contribution in [0.25, 0.3) is 0 Å². The van der Waals surface area contributed by atoms with Gasteiger partial charge in [-0.3, -0.25) is 0 Å². The van der Waals surface area contributed by atoms with Gasteiger partial charge in [-0.05, 0) is 49.6 Å². The fraction of sp³-hybridized carbons (Fsp3) is 0.346. The normalized spacial score (nSPS) is 14.0. The van der Waals surface area contributed by atoms with E-state index in [1.54, 1.807) is 0 Å². The van der Waals surface area contributed by atoms with Gasteiger partial charge >= 0.3 is 0 Å². The van der Waals surface area contributed by atoms with Crippen LogP contribution in [0.5, 0.6) is 0 Å². The Morgan fingerprint density at radius 2 is 1.79 bits per heavy atom. The SMILES string of the molecule is C/C=C\CCc1cccc(Nc2cc(N(C)C)nc(N3CCN(c4ccccn4)CC3)n2)c1. The average molecular weight is 444 g/mol. The van der Waals surface area contributed by atoms with E-state index in [9.17, 15) is 0 Å². The second-order valence-electron chi connectivity index (χ2n) is 8.40. The molecular formula is C26H33N7. The van der Waals surface area contributed by atoms with E-state index in [0.29, 0.717) is 0 Å². The number of piperazine rings is 1. The monoisotopic (exact) mass is 443 g/mol. The third-order valence-electron chi connectivity index (χ3n) is 5.73. The van der Waals surface area contributed by atoms with Crippen LogP contribution in [-0.2, 0) is 6.42 Å². The van der Waals surface area contributed by atoms with Crippen LogP contribution in [0.4, 0.5) is 29.1 Å². The number of pyridine rings is 1. The van der Waals surface area contributed by atoms with Gasteiger partial charge in [0, 0.05) is 58.2 Å². The molecule has 0 spiro atoms. The molecule has 7 heteroatoms. The Morgan fingerprint density at radius 1 is 0.970 bits per heavy atom. The predicted molar refractivity (Wildman–Crippen MR) is 138 cm³/mol. The van der Waals surface area contributed by atoms with Crippen LogP contribution in [-0.4, -0.2) is 55.2 Å². The van der Waals surface area contributed by atoms with Crippen LogP contribution in [0.2, 0.25) is 0 Å². The summed E-state index contributed by atoms with van der Waals surface area (Å²) in [5.41, 5.74) is 2.35. The van der Waals surface area contributed by atoms with Crippen LogP contribution < -0.4 is 20.0 Å². The van der Waals surface area contributed by atoms with Gasteiger partial charge in [-0.25, -0.2) is 4.98 Å². The molecule has 2 aromatic heterocycles. The number of benzene rings is 1.